The Labute approximate surface area is 148 Å². The molecule has 0 N–H and O–H groups in total. The zero-order valence-electron chi connectivity index (χ0n) is 14.8. The smallest absolute Gasteiger partial charge is 0.227 e. The molecule has 1 aromatic heterocycles. The van der Waals surface area contributed by atoms with Crippen LogP contribution >= 0.6 is 0 Å². The molecule has 0 radical (unpaired) electrons. The summed E-state index contributed by atoms with van der Waals surface area (Å²) < 4.78 is 29.2. The lowest BCUT2D eigenvalue weighted by Gasteiger charge is -2.28. The molecule has 3 rings (SSSR count). The van der Waals surface area contributed by atoms with E-state index in [4.69, 9.17) is 4.42 Å². The first kappa shape index (κ1) is 18.0. The normalized spacial score (nSPS) is 19.4. The van der Waals surface area contributed by atoms with E-state index in [2.05, 4.69) is 13.0 Å². The van der Waals surface area contributed by atoms with Crippen LogP contribution in [0.1, 0.15) is 37.8 Å². The fourth-order valence-electron chi connectivity index (χ4n) is 3.52. The van der Waals surface area contributed by atoms with Crippen molar-refractivity contribution >= 4 is 26.7 Å². The lowest BCUT2D eigenvalue weighted by atomic mass is 10.1. The average molecular weight is 363 g/mol. The number of aryl methyl sites for hydroxylation is 1. The van der Waals surface area contributed by atoms with Gasteiger partial charge in [0.15, 0.2) is 9.84 Å². The van der Waals surface area contributed by atoms with E-state index >= 15 is 0 Å². The molecule has 1 saturated heterocycles. The predicted molar refractivity (Wildman–Crippen MR) is 98.4 cm³/mol. The third kappa shape index (κ3) is 3.89. The number of nitrogens with zero attached hydrogens (tertiary/aromatic N) is 1. The highest BCUT2D eigenvalue weighted by Crippen LogP contribution is 2.25. The van der Waals surface area contributed by atoms with Gasteiger partial charge < -0.3 is 9.32 Å². The van der Waals surface area contributed by atoms with Gasteiger partial charge in [-0.05, 0) is 30.9 Å². The molecule has 25 heavy (non-hydrogen) atoms. The summed E-state index contributed by atoms with van der Waals surface area (Å²) in [4.78, 5) is 14.6. The fraction of sp³-hybridized carbons (Fsp3) is 0.526. The van der Waals surface area contributed by atoms with Crippen LogP contribution in [0.15, 0.2) is 28.9 Å². The van der Waals surface area contributed by atoms with Crippen molar-refractivity contribution < 1.29 is 17.6 Å². The maximum atomic E-state index is 12.9. The van der Waals surface area contributed by atoms with Crippen LogP contribution in [0.3, 0.4) is 0 Å². The van der Waals surface area contributed by atoms with E-state index in [-0.39, 0.29) is 29.9 Å². The predicted octanol–water partition coefficient (Wildman–Crippen LogP) is 2.96. The number of sulfone groups is 1. The second kappa shape index (κ2) is 7.20. The van der Waals surface area contributed by atoms with Gasteiger partial charge >= 0.3 is 0 Å². The maximum Gasteiger partial charge on any atom is 0.227 e. The van der Waals surface area contributed by atoms with Crippen LogP contribution in [0.5, 0.6) is 0 Å². The third-order valence-corrected chi connectivity index (χ3v) is 6.65. The number of fused-ring (bicyclic) bond motifs is 1. The summed E-state index contributed by atoms with van der Waals surface area (Å²) in [5, 5.41) is 0.959. The Balaban J connectivity index is 1.79. The lowest BCUT2D eigenvalue weighted by Crippen LogP contribution is -2.42. The number of furan rings is 1. The van der Waals surface area contributed by atoms with Crippen molar-refractivity contribution in [2.45, 2.75) is 45.6 Å². The van der Waals surface area contributed by atoms with Crippen LogP contribution in [0.4, 0.5) is 0 Å². The lowest BCUT2D eigenvalue weighted by molar-refractivity contribution is -0.132. The Kier molecular flexibility index (Phi) is 5.18. The van der Waals surface area contributed by atoms with Crippen LogP contribution in [-0.4, -0.2) is 43.3 Å². The minimum Gasteiger partial charge on any atom is -0.464 e. The molecule has 1 atom stereocenters. The first-order chi connectivity index (χ1) is 11.9. The van der Waals surface area contributed by atoms with Gasteiger partial charge in [0, 0.05) is 23.5 Å². The molecule has 0 aliphatic carbocycles. The van der Waals surface area contributed by atoms with Crippen LogP contribution < -0.4 is 0 Å². The molecule has 2 aromatic rings. The highest BCUT2D eigenvalue weighted by molar-refractivity contribution is 7.91. The Morgan fingerprint density at radius 1 is 1.32 bits per heavy atom. The summed E-state index contributed by atoms with van der Waals surface area (Å²) in [6.45, 7) is 4.69. The Hall–Kier alpha value is -1.82. The largest absolute Gasteiger partial charge is 0.464 e. The minimum absolute atomic E-state index is 0.0220. The van der Waals surface area contributed by atoms with Gasteiger partial charge in [-0.2, -0.15) is 0 Å². The van der Waals surface area contributed by atoms with Gasteiger partial charge in [-0.25, -0.2) is 8.42 Å². The molecule has 1 aromatic carbocycles. The van der Waals surface area contributed by atoms with Crippen LogP contribution in [0.2, 0.25) is 0 Å². The highest BCUT2D eigenvalue weighted by atomic mass is 32.2. The minimum atomic E-state index is -3.01. The highest BCUT2D eigenvalue weighted by Gasteiger charge is 2.34. The first-order valence-electron chi connectivity index (χ1n) is 8.92. The van der Waals surface area contributed by atoms with E-state index in [0.29, 0.717) is 13.0 Å². The summed E-state index contributed by atoms with van der Waals surface area (Å²) in [7, 11) is -3.01. The van der Waals surface area contributed by atoms with Gasteiger partial charge in [0.1, 0.15) is 5.58 Å². The summed E-state index contributed by atoms with van der Waals surface area (Å²) >= 11 is 0. The maximum absolute atomic E-state index is 12.9. The molecular formula is C19H25NO4S. The van der Waals surface area contributed by atoms with Gasteiger partial charge in [0.25, 0.3) is 0 Å². The Morgan fingerprint density at radius 2 is 2.12 bits per heavy atom. The van der Waals surface area contributed by atoms with E-state index in [0.717, 1.165) is 29.4 Å². The van der Waals surface area contributed by atoms with Gasteiger partial charge in [-0.1, -0.05) is 26.0 Å². The van der Waals surface area contributed by atoms with Crippen LogP contribution in [0.25, 0.3) is 11.0 Å². The van der Waals surface area contributed by atoms with Crippen molar-refractivity contribution in [2.24, 2.45) is 0 Å². The second-order valence-electron chi connectivity index (χ2n) is 6.77. The van der Waals surface area contributed by atoms with E-state index in [1.165, 1.54) is 5.56 Å². The van der Waals surface area contributed by atoms with Gasteiger partial charge in [-0.3, -0.25) is 4.79 Å². The number of carbonyl (C=O) groups excluding carboxylic acids is 1. The SMILES string of the molecule is CCCN(C(=O)Cc1coc2cc(CC)ccc12)C1CCS(=O)(=O)C1. The molecule has 1 aliphatic rings. The molecule has 0 bridgehead atoms. The number of benzene rings is 1. The number of hydrogen-bond donors (Lipinski definition) is 0. The second-order valence-corrected chi connectivity index (χ2v) is 8.99. The van der Waals surface area contributed by atoms with Crippen LogP contribution in [-0.2, 0) is 27.5 Å². The number of amides is 1. The molecule has 1 amide bonds. The van der Waals surface area contributed by atoms with Crippen molar-refractivity contribution in [1.82, 2.24) is 4.90 Å². The van der Waals surface area contributed by atoms with Crippen molar-refractivity contribution in [1.29, 1.82) is 0 Å². The molecule has 0 spiro atoms. The molecular weight excluding hydrogens is 338 g/mol. The van der Waals surface area contributed by atoms with Crippen molar-refractivity contribution in [3.05, 3.63) is 35.6 Å². The zero-order chi connectivity index (χ0) is 18.0. The van der Waals surface area contributed by atoms with Gasteiger partial charge in [0.2, 0.25) is 5.91 Å². The summed E-state index contributed by atoms with van der Waals surface area (Å²) in [5.41, 5.74) is 2.86. The zero-order valence-corrected chi connectivity index (χ0v) is 15.6. The molecule has 1 aliphatic heterocycles. The Bertz CT molecular complexity index is 869. The summed E-state index contributed by atoms with van der Waals surface area (Å²) in [5.74, 6) is 0.246. The van der Waals surface area contributed by atoms with Crippen molar-refractivity contribution in [2.75, 3.05) is 18.1 Å². The molecule has 1 fully saturated rings. The molecule has 2 heterocycles. The molecule has 1 unspecified atom stereocenters. The molecule has 0 saturated carbocycles. The summed E-state index contributed by atoms with van der Waals surface area (Å²) in [6, 6.07) is 5.88. The van der Waals surface area contributed by atoms with E-state index in [1.54, 1.807) is 11.2 Å². The van der Waals surface area contributed by atoms with Crippen molar-refractivity contribution in [3.63, 3.8) is 0 Å². The van der Waals surface area contributed by atoms with E-state index in [1.807, 2.05) is 19.1 Å². The van der Waals surface area contributed by atoms with E-state index in [9.17, 15) is 13.2 Å². The molecule has 5 nitrogen and oxygen atoms in total. The van der Waals surface area contributed by atoms with Gasteiger partial charge in [-0.15, -0.1) is 0 Å². The standard InChI is InChI=1S/C19H25NO4S/c1-3-8-20(16-7-9-25(22,23)13-16)19(21)11-15-12-24-18-10-14(4-2)5-6-17(15)18/h5-6,10,12,16H,3-4,7-9,11,13H2,1-2H3. The first-order valence-corrected chi connectivity index (χ1v) is 10.7. The number of hydrogen-bond acceptors (Lipinski definition) is 4. The monoisotopic (exact) mass is 363 g/mol. The molecule has 6 heteroatoms. The Morgan fingerprint density at radius 3 is 2.76 bits per heavy atom. The topological polar surface area (TPSA) is 67.6 Å². The fourth-order valence-corrected chi connectivity index (χ4v) is 5.25. The quantitative estimate of drug-likeness (QED) is 0.791. The van der Waals surface area contributed by atoms with Crippen molar-refractivity contribution in [3.8, 4) is 0 Å². The molecule has 136 valence electrons. The van der Waals surface area contributed by atoms with Crippen LogP contribution in [0, 0.1) is 0 Å². The average Bonchev–Trinajstić information content (AvgIpc) is 3.15. The number of carbonyl (C=O) groups is 1. The van der Waals surface area contributed by atoms with Gasteiger partial charge in [0.05, 0.1) is 24.2 Å². The van der Waals surface area contributed by atoms with E-state index < -0.39 is 9.84 Å². The summed E-state index contributed by atoms with van der Waals surface area (Å²) in [6.07, 6.45) is 4.19. The number of rotatable bonds is 6. The third-order valence-electron chi connectivity index (χ3n) is 4.90.